The molecule has 2 aromatic rings. The zero-order valence-corrected chi connectivity index (χ0v) is 13.7. The van der Waals surface area contributed by atoms with Gasteiger partial charge in [-0.3, -0.25) is 0 Å². The number of thiazole rings is 1. The summed E-state index contributed by atoms with van der Waals surface area (Å²) in [5.41, 5.74) is 3.33. The molecule has 2 fully saturated rings. The van der Waals surface area contributed by atoms with Crippen molar-refractivity contribution in [2.24, 2.45) is 0 Å². The van der Waals surface area contributed by atoms with Gasteiger partial charge in [0.1, 0.15) is 10.5 Å². The molecule has 0 amide bonds. The van der Waals surface area contributed by atoms with E-state index in [1.54, 1.807) is 0 Å². The molecule has 4 rings (SSSR count). The number of nitrogens with zero attached hydrogens (tertiary/aromatic N) is 1. The van der Waals surface area contributed by atoms with E-state index >= 15 is 4.39 Å². The molecule has 3 heterocycles. The van der Waals surface area contributed by atoms with Gasteiger partial charge in [-0.2, -0.15) is 5.48 Å². The van der Waals surface area contributed by atoms with Crippen LogP contribution in [0.4, 0.5) is 4.39 Å². The van der Waals surface area contributed by atoms with Crippen LogP contribution in [0, 0.1) is 0 Å². The molecule has 2 N–H and O–H groups in total. The number of hydrogen-bond donors (Lipinski definition) is 2. The van der Waals surface area contributed by atoms with Crippen molar-refractivity contribution in [3.05, 3.63) is 52.0 Å². The Balaban J connectivity index is 1.71. The summed E-state index contributed by atoms with van der Waals surface area (Å²) in [4.78, 5) is 10.2. The van der Waals surface area contributed by atoms with Gasteiger partial charge in [0.25, 0.3) is 0 Å². The second kappa shape index (κ2) is 5.94. The lowest BCUT2D eigenvalue weighted by Crippen LogP contribution is -2.39. The number of aromatic nitrogens is 1. The fourth-order valence-corrected chi connectivity index (χ4v) is 4.44. The van der Waals surface area contributed by atoms with Crippen molar-refractivity contribution >= 4 is 11.3 Å². The molecule has 1 unspecified atom stereocenters. The molecule has 6 heteroatoms. The maximum absolute atomic E-state index is 15.2. The van der Waals surface area contributed by atoms with Gasteiger partial charge < -0.3 is 10.2 Å². The van der Waals surface area contributed by atoms with Crippen LogP contribution in [-0.4, -0.2) is 24.7 Å². The Bertz CT molecular complexity index is 663. The smallest absolute Gasteiger partial charge is 0.164 e. The van der Waals surface area contributed by atoms with Crippen LogP contribution in [0.5, 0.6) is 0 Å². The molecule has 1 atom stereocenters. The summed E-state index contributed by atoms with van der Waals surface area (Å²) < 4.78 is 15.2. The van der Waals surface area contributed by atoms with Crippen LogP contribution >= 0.6 is 11.3 Å². The van der Waals surface area contributed by atoms with Gasteiger partial charge in [-0.25, -0.2) is 9.37 Å². The Morgan fingerprint density at radius 2 is 1.91 bits per heavy atom. The monoisotopic (exact) mass is 333 g/mol. The number of alkyl halides is 1. The summed E-state index contributed by atoms with van der Waals surface area (Å²) in [5, 5.41) is 5.78. The first-order valence-corrected chi connectivity index (χ1v) is 8.92. The maximum Gasteiger partial charge on any atom is 0.164 e. The number of nitrogens with one attached hydrogen (secondary N) is 2. The number of hydroxylamine groups is 1. The Hall–Kier alpha value is -1.34. The first-order chi connectivity index (χ1) is 11.2. The van der Waals surface area contributed by atoms with E-state index in [-0.39, 0.29) is 0 Å². The van der Waals surface area contributed by atoms with Gasteiger partial charge in [0.05, 0.1) is 12.3 Å². The van der Waals surface area contributed by atoms with Gasteiger partial charge in [-0.05, 0) is 18.7 Å². The van der Waals surface area contributed by atoms with Gasteiger partial charge in [-0.1, -0.05) is 30.3 Å². The highest BCUT2D eigenvalue weighted by Crippen LogP contribution is 2.41. The van der Waals surface area contributed by atoms with E-state index in [9.17, 15) is 0 Å². The van der Waals surface area contributed by atoms with Crippen LogP contribution in [0.1, 0.15) is 35.5 Å². The van der Waals surface area contributed by atoms with E-state index in [4.69, 9.17) is 9.82 Å². The Labute approximate surface area is 139 Å². The molecule has 0 spiro atoms. The molecule has 2 saturated heterocycles. The minimum absolute atomic E-state index is 0.473. The van der Waals surface area contributed by atoms with E-state index < -0.39 is 11.2 Å². The summed E-state index contributed by atoms with van der Waals surface area (Å²) in [7, 11) is 0. The van der Waals surface area contributed by atoms with Crippen LogP contribution in [-0.2, 0) is 16.0 Å². The van der Waals surface area contributed by atoms with Crippen molar-refractivity contribution in [3.63, 3.8) is 0 Å². The molecule has 4 nitrogen and oxygen atoms in total. The molecular weight excluding hydrogens is 313 g/mol. The van der Waals surface area contributed by atoms with Crippen molar-refractivity contribution in [3.8, 4) is 0 Å². The van der Waals surface area contributed by atoms with Crippen molar-refractivity contribution in [1.29, 1.82) is 0 Å². The first-order valence-electron chi connectivity index (χ1n) is 8.04. The fraction of sp³-hybridized carbons (Fsp3) is 0.471. The van der Waals surface area contributed by atoms with E-state index in [2.05, 4.69) is 22.9 Å². The normalized spacial score (nSPS) is 27.2. The zero-order chi connectivity index (χ0) is 15.8. The molecule has 2 aliphatic rings. The summed E-state index contributed by atoms with van der Waals surface area (Å²) in [6.45, 7) is 2.03. The maximum atomic E-state index is 15.2. The Morgan fingerprint density at radius 1 is 1.13 bits per heavy atom. The second-order valence-corrected chi connectivity index (χ2v) is 7.08. The lowest BCUT2D eigenvalue weighted by atomic mass is 9.85. The number of rotatable bonds is 3. The lowest BCUT2D eigenvalue weighted by molar-refractivity contribution is 0.0695. The van der Waals surface area contributed by atoms with Gasteiger partial charge in [0.2, 0.25) is 0 Å². The van der Waals surface area contributed by atoms with Gasteiger partial charge in [-0.15, -0.1) is 11.3 Å². The highest BCUT2D eigenvalue weighted by atomic mass is 32.1. The lowest BCUT2D eigenvalue weighted by Gasteiger charge is -2.29. The van der Waals surface area contributed by atoms with E-state index in [0.29, 0.717) is 37.5 Å². The first kappa shape index (κ1) is 15.2. The molecule has 122 valence electrons. The number of halogens is 1. The van der Waals surface area contributed by atoms with Gasteiger partial charge in [0.15, 0.2) is 5.67 Å². The van der Waals surface area contributed by atoms with E-state index in [1.807, 2.05) is 23.6 Å². The van der Waals surface area contributed by atoms with Crippen molar-refractivity contribution in [2.45, 2.75) is 30.5 Å². The fourth-order valence-electron chi connectivity index (χ4n) is 3.40. The third kappa shape index (κ3) is 2.59. The molecule has 2 aliphatic heterocycles. The van der Waals surface area contributed by atoms with Crippen LogP contribution in [0.15, 0.2) is 35.7 Å². The third-order valence-corrected chi connectivity index (χ3v) is 5.83. The molecule has 23 heavy (non-hydrogen) atoms. The number of benzene rings is 1. The molecule has 0 saturated carbocycles. The molecule has 0 aliphatic carbocycles. The highest BCUT2D eigenvalue weighted by Gasteiger charge is 2.43. The van der Waals surface area contributed by atoms with Gasteiger partial charge in [0, 0.05) is 24.6 Å². The average molecular weight is 333 g/mol. The quantitative estimate of drug-likeness (QED) is 0.907. The van der Waals surface area contributed by atoms with Crippen LogP contribution in [0.3, 0.4) is 0 Å². The molecule has 1 aromatic carbocycles. The van der Waals surface area contributed by atoms with Crippen LogP contribution < -0.4 is 10.8 Å². The van der Waals surface area contributed by atoms with Crippen molar-refractivity contribution in [2.75, 3.05) is 19.7 Å². The summed E-state index contributed by atoms with van der Waals surface area (Å²) >= 11 is 1.43. The summed E-state index contributed by atoms with van der Waals surface area (Å²) in [5.74, 6) is 0. The largest absolute Gasteiger partial charge is 0.316 e. The third-order valence-electron chi connectivity index (χ3n) is 4.81. The Kier molecular flexibility index (Phi) is 3.93. The Morgan fingerprint density at radius 3 is 2.61 bits per heavy atom. The minimum atomic E-state index is -1.30. The number of piperidine rings is 1. The van der Waals surface area contributed by atoms with Crippen LogP contribution in [0.25, 0.3) is 0 Å². The average Bonchev–Trinajstić information content (AvgIpc) is 3.27. The summed E-state index contributed by atoms with van der Waals surface area (Å²) in [6, 6.07) is 10.1. The SMILES string of the molecule is FC1(c2nc(C3(c4ccccc4)CCON3)cs2)CCNCC1. The molecule has 1 aromatic heterocycles. The molecular formula is C17H20FN3OS. The van der Waals surface area contributed by atoms with Crippen molar-refractivity contribution < 1.29 is 9.23 Å². The van der Waals surface area contributed by atoms with E-state index in [1.165, 1.54) is 11.3 Å². The minimum Gasteiger partial charge on any atom is -0.316 e. The predicted molar refractivity (Wildman–Crippen MR) is 87.9 cm³/mol. The molecule has 0 bridgehead atoms. The second-order valence-electron chi connectivity index (χ2n) is 6.23. The van der Waals surface area contributed by atoms with Crippen molar-refractivity contribution in [1.82, 2.24) is 15.8 Å². The highest BCUT2D eigenvalue weighted by molar-refractivity contribution is 7.09. The predicted octanol–water partition coefficient (Wildman–Crippen LogP) is 2.86. The van der Waals surface area contributed by atoms with Gasteiger partial charge >= 0.3 is 0 Å². The standard InChI is InChI=1S/C17H20FN3OS/c18-16(6-9-19-10-7-16)15-20-14(12-23-15)17(8-11-22-21-17)13-4-2-1-3-5-13/h1-5,12,19,21H,6-11H2. The number of hydrogen-bond acceptors (Lipinski definition) is 5. The summed E-state index contributed by atoms with van der Waals surface area (Å²) in [6.07, 6.45) is 1.77. The van der Waals surface area contributed by atoms with E-state index in [0.717, 1.165) is 17.7 Å². The topological polar surface area (TPSA) is 46.2 Å². The molecule has 0 radical (unpaired) electrons. The zero-order valence-electron chi connectivity index (χ0n) is 12.8. The van der Waals surface area contributed by atoms with Crippen LogP contribution in [0.2, 0.25) is 0 Å².